The highest BCUT2D eigenvalue weighted by molar-refractivity contribution is 7.54. The second kappa shape index (κ2) is 5.90. The van der Waals surface area contributed by atoms with Crippen molar-refractivity contribution in [3.05, 3.63) is 0 Å². The SMILES string of the molecule is O=P(O)(O)O.O=[P+](O)OP(=O)(O)O. The Labute approximate surface area is 72.2 Å². The zero-order chi connectivity index (χ0) is 11.3. The maximum atomic E-state index is 9.57. The van der Waals surface area contributed by atoms with E-state index in [9.17, 15) is 9.13 Å². The quantitative estimate of drug-likeness (QED) is 0.330. The van der Waals surface area contributed by atoms with Crippen LogP contribution in [-0.2, 0) is 18.0 Å². The van der Waals surface area contributed by atoms with Crippen molar-refractivity contribution >= 4 is 23.9 Å². The van der Waals surface area contributed by atoms with Crippen molar-refractivity contribution in [2.45, 2.75) is 0 Å². The van der Waals surface area contributed by atoms with E-state index in [0.717, 1.165) is 0 Å². The van der Waals surface area contributed by atoms with Gasteiger partial charge in [-0.3, -0.25) is 0 Å². The minimum atomic E-state index is -4.76. The molecule has 10 nitrogen and oxygen atoms in total. The van der Waals surface area contributed by atoms with Crippen LogP contribution in [0, 0.1) is 0 Å². The standard InChI is InChI=1S/H2O6P2.H3O4P/c1-7(2)6-8(3,4)5;1-5(2,3)4/h(H2-,1,2,3,4,5);(H3,1,2,3,4)/p+1. The van der Waals surface area contributed by atoms with E-state index in [4.69, 9.17) is 33.9 Å². The topological polar surface area (TPSA) is 182 Å². The van der Waals surface area contributed by atoms with Crippen molar-refractivity contribution in [2.24, 2.45) is 0 Å². The predicted molar refractivity (Wildman–Crippen MR) is 37.2 cm³/mol. The van der Waals surface area contributed by atoms with Crippen LogP contribution in [0.15, 0.2) is 0 Å². The van der Waals surface area contributed by atoms with Crippen molar-refractivity contribution in [3.63, 3.8) is 0 Å². The third kappa shape index (κ3) is 46.5. The molecule has 0 rings (SSSR count). The fraction of sp³-hybridized carbons (Fsp3) is 0. The lowest BCUT2D eigenvalue weighted by molar-refractivity contribution is 0.271. The Morgan fingerprint density at radius 1 is 1.00 bits per heavy atom. The molecule has 1 unspecified atom stereocenters. The summed E-state index contributed by atoms with van der Waals surface area (Å²) in [5.41, 5.74) is 0. The van der Waals surface area contributed by atoms with Gasteiger partial charge in [0.2, 0.25) is 0 Å². The van der Waals surface area contributed by atoms with Gasteiger partial charge in [0.25, 0.3) is 0 Å². The molecule has 0 fully saturated rings. The maximum absolute atomic E-state index is 9.57. The van der Waals surface area contributed by atoms with E-state index in [1.165, 1.54) is 0 Å². The molecule has 0 aliphatic rings. The minimum Gasteiger partial charge on any atom is -0.303 e. The van der Waals surface area contributed by atoms with Gasteiger partial charge in [0, 0.05) is 4.57 Å². The molecule has 0 saturated heterocycles. The first-order chi connectivity index (χ1) is 5.42. The minimum absolute atomic E-state index is 3.17. The third-order valence-corrected chi connectivity index (χ3v) is 1.59. The molecule has 0 aliphatic carbocycles. The van der Waals surface area contributed by atoms with Gasteiger partial charge in [0.05, 0.1) is 0 Å². The van der Waals surface area contributed by atoms with E-state index in [1.54, 1.807) is 0 Å². The van der Waals surface area contributed by atoms with Crippen LogP contribution in [0.2, 0.25) is 0 Å². The van der Waals surface area contributed by atoms with Crippen molar-refractivity contribution < 1.29 is 47.4 Å². The first kappa shape index (κ1) is 15.7. The summed E-state index contributed by atoms with van der Waals surface area (Å²) in [7, 11) is -12.6. The molecule has 0 saturated carbocycles. The lowest BCUT2D eigenvalue weighted by Crippen LogP contribution is -1.75. The summed E-state index contributed by atoms with van der Waals surface area (Å²) in [4.78, 5) is 44.7. The number of hydrogen-bond acceptors (Lipinski definition) is 4. The van der Waals surface area contributed by atoms with Gasteiger partial charge in [-0.05, 0) is 4.31 Å². The number of hydrogen-bond donors (Lipinski definition) is 6. The van der Waals surface area contributed by atoms with Gasteiger partial charge in [0.15, 0.2) is 0 Å². The molecule has 13 heteroatoms. The molecule has 13 heavy (non-hydrogen) atoms. The zero-order valence-corrected chi connectivity index (χ0v) is 8.34. The molecule has 6 N–H and O–H groups in total. The van der Waals surface area contributed by atoms with Gasteiger partial charge in [-0.2, -0.15) is 0 Å². The van der Waals surface area contributed by atoms with Gasteiger partial charge in [-0.15, -0.1) is 4.89 Å². The molecular formula is H6O10P3+. The molecule has 0 aromatic carbocycles. The molecule has 1 atom stereocenters. The Morgan fingerprint density at radius 2 is 1.23 bits per heavy atom. The summed E-state index contributed by atoms with van der Waals surface area (Å²) in [5.74, 6) is 0. The molecule has 0 aliphatic heterocycles. The highest BCUT2D eigenvalue weighted by atomic mass is 31.2. The molecule has 80 valence electrons. The van der Waals surface area contributed by atoms with Crippen LogP contribution in [-0.4, -0.2) is 29.4 Å². The summed E-state index contributed by atoms with van der Waals surface area (Å²) in [6, 6.07) is 0. The van der Waals surface area contributed by atoms with E-state index < -0.39 is 23.9 Å². The lowest BCUT2D eigenvalue weighted by Gasteiger charge is -1.86. The van der Waals surface area contributed by atoms with Crippen molar-refractivity contribution in [2.75, 3.05) is 0 Å². The Bertz CT molecular complexity index is 231. The van der Waals surface area contributed by atoms with Crippen molar-refractivity contribution in [1.82, 2.24) is 0 Å². The van der Waals surface area contributed by atoms with Crippen LogP contribution < -0.4 is 0 Å². The molecule has 0 amide bonds. The fourth-order valence-electron chi connectivity index (χ4n) is 0.0910. The van der Waals surface area contributed by atoms with Gasteiger partial charge < -0.3 is 24.5 Å². The Balaban J connectivity index is 0. The molecule has 0 spiro atoms. The van der Waals surface area contributed by atoms with E-state index in [-0.39, 0.29) is 0 Å². The molecular weight excluding hydrogens is 253 g/mol. The summed E-state index contributed by atoms with van der Waals surface area (Å²) < 4.78 is 31.1. The first-order valence-electron chi connectivity index (χ1n) is 2.11. The Morgan fingerprint density at radius 3 is 1.23 bits per heavy atom. The van der Waals surface area contributed by atoms with Gasteiger partial charge in [-0.25, -0.2) is 9.13 Å². The Hall–Kier alpha value is 0.280. The monoisotopic (exact) mass is 259 g/mol. The van der Waals surface area contributed by atoms with Crippen LogP contribution in [0.1, 0.15) is 0 Å². The summed E-state index contributed by atoms with van der Waals surface area (Å²) in [6.07, 6.45) is 0. The molecule has 0 bridgehead atoms. The second-order valence-corrected chi connectivity index (χ2v) is 4.46. The lowest BCUT2D eigenvalue weighted by atomic mass is 15.7. The summed E-state index contributed by atoms with van der Waals surface area (Å²) >= 11 is 0. The number of rotatable bonds is 2. The normalized spacial score (nSPS) is 12.9. The smallest absolute Gasteiger partial charge is 0.303 e. The Kier molecular flexibility index (Phi) is 7.14. The van der Waals surface area contributed by atoms with Gasteiger partial charge in [0.1, 0.15) is 0 Å². The average molecular weight is 259 g/mol. The predicted octanol–water partition coefficient (Wildman–Crippen LogP) is -1.18. The van der Waals surface area contributed by atoms with Crippen molar-refractivity contribution in [1.29, 1.82) is 0 Å². The van der Waals surface area contributed by atoms with E-state index >= 15 is 0 Å². The van der Waals surface area contributed by atoms with E-state index in [2.05, 4.69) is 4.31 Å². The van der Waals surface area contributed by atoms with Gasteiger partial charge in [-0.1, -0.05) is 0 Å². The van der Waals surface area contributed by atoms with Crippen LogP contribution in [0.5, 0.6) is 0 Å². The number of phosphoric acid groups is 2. The second-order valence-electron chi connectivity index (χ2n) is 1.32. The van der Waals surface area contributed by atoms with Crippen LogP contribution in [0.4, 0.5) is 0 Å². The van der Waals surface area contributed by atoms with Gasteiger partial charge >= 0.3 is 23.9 Å². The van der Waals surface area contributed by atoms with Crippen LogP contribution in [0.25, 0.3) is 0 Å². The van der Waals surface area contributed by atoms with E-state index in [1.807, 2.05) is 0 Å². The highest BCUT2D eigenvalue weighted by Gasteiger charge is 2.29. The third-order valence-electron chi connectivity index (χ3n) is 0.176. The fourth-order valence-corrected chi connectivity index (χ4v) is 0.819. The summed E-state index contributed by atoms with van der Waals surface area (Å²) in [5, 5.41) is 0. The van der Waals surface area contributed by atoms with Crippen molar-refractivity contribution in [3.8, 4) is 0 Å². The first-order valence-corrected chi connectivity index (χ1v) is 6.34. The van der Waals surface area contributed by atoms with Crippen LogP contribution in [0.3, 0.4) is 0 Å². The highest BCUT2D eigenvalue weighted by Crippen LogP contribution is 2.45. The largest absolute Gasteiger partial charge is 0.705 e. The zero-order valence-electron chi connectivity index (χ0n) is 5.66. The molecule has 0 heterocycles. The van der Waals surface area contributed by atoms with E-state index in [0.29, 0.717) is 0 Å². The average Bonchev–Trinajstić information content (AvgIpc) is 1.47. The molecule has 0 aromatic rings. The molecule has 0 aromatic heterocycles. The maximum Gasteiger partial charge on any atom is 0.705 e. The van der Waals surface area contributed by atoms with Crippen LogP contribution >= 0.6 is 23.9 Å². The molecule has 0 radical (unpaired) electrons. The summed E-state index contributed by atoms with van der Waals surface area (Å²) in [6.45, 7) is 0.